The number of H-pyrrole nitrogens is 1. The zero-order valence-electron chi connectivity index (χ0n) is 10.4. The zero-order chi connectivity index (χ0) is 13.1. The van der Waals surface area contributed by atoms with E-state index in [0.717, 1.165) is 35.1 Å². The Balaban J connectivity index is 1.76. The molecule has 0 amide bonds. The van der Waals surface area contributed by atoms with Gasteiger partial charge in [-0.05, 0) is 19.1 Å². The number of thiazole rings is 1. The summed E-state index contributed by atoms with van der Waals surface area (Å²) in [5, 5.41) is 12.4. The molecule has 6 heteroatoms. The van der Waals surface area contributed by atoms with Crippen LogP contribution >= 0.6 is 11.3 Å². The van der Waals surface area contributed by atoms with Crippen molar-refractivity contribution in [2.24, 2.45) is 0 Å². The highest BCUT2D eigenvalue weighted by Crippen LogP contribution is 2.19. The number of nitrogens with one attached hydrogen (secondary N) is 2. The summed E-state index contributed by atoms with van der Waals surface area (Å²) in [5.74, 6) is 1.53. The van der Waals surface area contributed by atoms with Crippen LogP contribution in [0, 0.1) is 6.92 Å². The molecule has 0 bridgehead atoms. The Morgan fingerprint density at radius 2 is 2.32 bits per heavy atom. The van der Waals surface area contributed by atoms with Crippen molar-refractivity contribution in [3.8, 4) is 11.4 Å². The minimum atomic E-state index is 0.717. The molecule has 0 atom stereocenters. The largest absolute Gasteiger partial charge is 0.379 e. The molecule has 0 aliphatic carbocycles. The molecule has 0 saturated carbocycles. The molecule has 3 aromatic rings. The van der Waals surface area contributed by atoms with E-state index in [2.05, 4.69) is 25.5 Å². The number of benzene rings is 1. The van der Waals surface area contributed by atoms with Crippen LogP contribution in [0.2, 0.25) is 0 Å². The molecule has 2 N–H and O–H groups in total. The van der Waals surface area contributed by atoms with Crippen LogP contribution in [0.25, 0.3) is 11.4 Å². The van der Waals surface area contributed by atoms with Gasteiger partial charge >= 0.3 is 0 Å². The maximum Gasteiger partial charge on any atom is 0.181 e. The summed E-state index contributed by atoms with van der Waals surface area (Å²) < 4.78 is 0. The van der Waals surface area contributed by atoms with E-state index in [9.17, 15) is 0 Å². The van der Waals surface area contributed by atoms with Crippen LogP contribution in [0.5, 0.6) is 0 Å². The van der Waals surface area contributed by atoms with Gasteiger partial charge in [-0.25, -0.2) is 9.97 Å². The fourth-order valence-electron chi connectivity index (χ4n) is 1.76. The van der Waals surface area contributed by atoms with Gasteiger partial charge in [-0.1, -0.05) is 12.1 Å². The highest BCUT2D eigenvalue weighted by Gasteiger charge is 2.04. The Morgan fingerprint density at radius 1 is 1.37 bits per heavy atom. The predicted molar refractivity (Wildman–Crippen MR) is 76.0 cm³/mol. The summed E-state index contributed by atoms with van der Waals surface area (Å²) in [6.07, 6.45) is 0. The molecule has 0 radical (unpaired) electrons. The molecule has 0 unspecified atom stereocenters. The van der Waals surface area contributed by atoms with Crippen LogP contribution in [-0.4, -0.2) is 20.2 Å². The Bertz CT molecular complexity index is 659. The summed E-state index contributed by atoms with van der Waals surface area (Å²) in [6.45, 7) is 2.61. The van der Waals surface area contributed by atoms with Crippen molar-refractivity contribution in [3.05, 3.63) is 46.7 Å². The number of hydrogen-bond acceptors (Lipinski definition) is 5. The van der Waals surface area contributed by atoms with Gasteiger partial charge in [0.2, 0.25) is 0 Å². The first kappa shape index (κ1) is 11.9. The van der Waals surface area contributed by atoms with Crippen LogP contribution in [0.15, 0.2) is 35.2 Å². The molecule has 19 heavy (non-hydrogen) atoms. The maximum absolute atomic E-state index is 4.33. The van der Waals surface area contributed by atoms with Crippen molar-refractivity contribution in [3.63, 3.8) is 0 Å². The second-order valence-electron chi connectivity index (χ2n) is 4.16. The third-order valence-corrected chi connectivity index (χ3v) is 3.31. The fraction of sp³-hybridized carbons (Fsp3) is 0.154. The number of hydrogen-bond donors (Lipinski definition) is 2. The van der Waals surface area contributed by atoms with Gasteiger partial charge < -0.3 is 5.32 Å². The lowest BCUT2D eigenvalue weighted by Crippen LogP contribution is -1.99. The lowest BCUT2D eigenvalue weighted by molar-refractivity contribution is 1.04. The highest BCUT2D eigenvalue weighted by molar-refractivity contribution is 7.07. The zero-order valence-corrected chi connectivity index (χ0v) is 11.2. The van der Waals surface area contributed by atoms with E-state index < -0.39 is 0 Å². The molecule has 2 aromatic heterocycles. The first-order valence-electron chi connectivity index (χ1n) is 5.91. The SMILES string of the molecule is Cc1nc(-c2cccc(NCc3cscn3)c2)n[nH]1. The molecule has 1 aromatic carbocycles. The third-order valence-electron chi connectivity index (χ3n) is 2.68. The summed E-state index contributed by atoms with van der Waals surface area (Å²) in [4.78, 5) is 8.57. The third kappa shape index (κ3) is 2.79. The summed E-state index contributed by atoms with van der Waals surface area (Å²) in [6, 6.07) is 8.05. The predicted octanol–water partition coefficient (Wildman–Crippen LogP) is 2.85. The van der Waals surface area contributed by atoms with Gasteiger partial charge in [-0.3, -0.25) is 5.10 Å². The van der Waals surface area contributed by atoms with Crippen molar-refractivity contribution in [1.82, 2.24) is 20.2 Å². The molecule has 96 valence electrons. The minimum Gasteiger partial charge on any atom is -0.379 e. The van der Waals surface area contributed by atoms with Gasteiger partial charge in [0.1, 0.15) is 5.82 Å². The summed E-state index contributed by atoms with van der Waals surface area (Å²) in [5.41, 5.74) is 4.91. The van der Waals surface area contributed by atoms with Gasteiger partial charge in [0.05, 0.1) is 17.7 Å². The van der Waals surface area contributed by atoms with Crippen molar-refractivity contribution >= 4 is 17.0 Å². The molecule has 2 heterocycles. The first-order valence-corrected chi connectivity index (χ1v) is 6.86. The normalized spacial score (nSPS) is 10.6. The number of aryl methyl sites for hydroxylation is 1. The number of rotatable bonds is 4. The Labute approximate surface area is 114 Å². The molecule has 0 aliphatic heterocycles. The molecular formula is C13H13N5S. The van der Waals surface area contributed by atoms with Crippen LogP contribution in [0.1, 0.15) is 11.5 Å². The van der Waals surface area contributed by atoms with E-state index in [1.165, 1.54) is 0 Å². The Hall–Kier alpha value is -2.21. The quantitative estimate of drug-likeness (QED) is 0.765. The van der Waals surface area contributed by atoms with Crippen LogP contribution in [0.4, 0.5) is 5.69 Å². The average molecular weight is 271 g/mol. The smallest absolute Gasteiger partial charge is 0.181 e. The Kier molecular flexibility index (Phi) is 3.24. The first-order chi connectivity index (χ1) is 9.31. The lowest BCUT2D eigenvalue weighted by Gasteiger charge is -2.05. The monoisotopic (exact) mass is 271 g/mol. The average Bonchev–Trinajstić information content (AvgIpc) is 3.08. The van der Waals surface area contributed by atoms with E-state index in [-0.39, 0.29) is 0 Å². The molecule has 0 saturated heterocycles. The van der Waals surface area contributed by atoms with Gasteiger partial charge in [0, 0.05) is 16.6 Å². The van der Waals surface area contributed by atoms with Crippen molar-refractivity contribution in [1.29, 1.82) is 0 Å². The van der Waals surface area contributed by atoms with E-state index in [4.69, 9.17) is 0 Å². The standard InChI is InChI=1S/C13H13N5S/c1-9-16-13(18-17-9)10-3-2-4-11(5-10)14-6-12-7-19-8-15-12/h2-5,7-8,14H,6H2,1H3,(H,16,17,18). The lowest BCUT2D eigenvalue weighted by atomic mass is 10.2. The van der Waals surface area contributed by atoms with Gasteiger partial charge in [0.25, 0.3) is 0 Å². The number of aromatic amines is 1. The van der Waals surface area contributed by atoms with E-state index in [1.54, 1.807) is 11.3 Å². The Morgan fingerprint density at radius 3 is 3.05 bits per heavy atom. The molecule has 0 aliphatic rings. The maximum atomic E-state index is 4.33. The van der Waals surface area contributed by atoms with Gasteiger partial charge in [0.15, 0.2) is 5.82 Å². The topological polar surface area (TPSA) is 66.5 Å². The van der Waals surface area contributed by atoms with Crippen molar-refractivity contribution in [2.45, 2.75) is 13.5 Å². The number of aromatic nitrogens is 4. The van der Waals surface area contributed by atoms with Crippen molar-refractivity contribution < 1.29 is 0 Å². The summed E-state index contributed by atoms with van der Waals surface area (Å²) in [7, 11) is 0. The molecule has 0 spiro atoms. The molecule has 5 nitrogen and oxygen atoms in total. The summed E-state index contributed by atoms with van der Waals surface area (Å²) >= 11 is 1.60. The van der Waals surface area contributed by atoms with E-state index >= 15 is 0 Å². The highest BCUT2D eigenvalue weighted by atomic mass is 32.1. The fourth-order valence-corrected chi connectivity index (χ4v) is 2.32. The van der Waals surface area contributed by atoms with Crippen LogP contribution in [0.3, 0.4) is 0 Å². The second-order valence-corrected chi connectivity index (χ2v) is 4.88. The minimum absolute atomic E-state index is 0.717. The van der Waals surface area contributed by atoms with Crippen LogP contribution in [-0.2, 0) is 6.54 Å². The van der Waals surface area contributed by atoms with Gasteiger partial charge in [-0.2, -0.15) is 5.10 Å². The second kappa shape index (κ2) is 5.19. The molecular weight excluding hydrogens is 258 g/mol. The number of nitrogens with zero attached hydrogens (tertiary/aromatic N) is 3. The molecule has 0 fully saturated rings. The van der Waals surface area contributed by atoms with Crippen molar-refractivity contribution in [2.75, 3.05) is 5.32 Å². The van der Waals surface area contributed by atoms with Gasteiger partial charge in [-0.15, -0.1) is 11.3 Å². The van der Waals surface area contributed by atoms with E-state index in [1.807, 2.05) is 42.1 Å². The van der Waals surface area contributed by atoms with E-state index in [0.29, 0.717) is 0 Å². The number of anilines is 1. The molecule has 3 rings (SSSR count). The van der Waals surface area contributed by atoms with Crippen LogP contribution < -0.4 is 5.32 Å².